The molecule has 1 saturated carbocycles. The lowest BCUT2D eigenvalue weighted by molar-refractivity contribution is -0.141. The molecule has 2 aromatic carbocycles. The molecule has 31 heavy (non-hydrogen) atoms. The van der Waals surface area contributed by atoms with Gasteiger partial charge in [0.2, 0.25) is 11.8 Å². The van der Waals surface area contributed by atoms with Crippen molar-refractivity contribution in [1.29, 1.82) is 0 Å². The van der Waals surface area contributed by atoms with E-state index in [0.29, 0.717) is 19.4 Å². The van der Waals surface area contributed by atoms with Crippen LogP contribution in [0.5, 0.6) is 0 Å². The number of rotatable bonds is 8. The summed E-state index contributed by atoms with van der Waals surface area (Å²) in [5.74, 6) is -0.0394. The Morgan fingerprint density at radius 1 is 1.00 bits per heavy atom. The molecule has 166 valence electrons. The molecule has 1 atom stereocenters. The summed E-state index contributed by atoms with van der Waals surface area (Å²) in [4.78, 5) is 28.0. The van der Waals surface area contributed by atoms with E-state index in [2.05, 4.69) is 52.4 Å². The zero-order chi connectivity index (χ0) is 22.2. The average Bonchev–Trinajstić information content (AvgIpc) is 2.78. The van der Waals surface area contributed by atoms with E-state index in [4.69, 9.17) is 0 Å². The number of halogens is 1. The van der Waals surface area contributed by atoms with E-state index in [1.165, 1.54) is 12.0 Å². The van der Waals surface area contributed by atoms with Crippen LogP contribution >= 0.6 is 15.9 Å². The van der Waals surface area contributed by atoms with Gasteiger partial charge in [-0.05, 0) is 56.4 Å². The summed E-state index contributed by atoms with van der Waals surface area (Å²) >= 11 is 3.46. The van der Waals surface area contributed by atoms with Gasteiger partial charge < -0.3 is 10.2 Å². The Kier molecular flexibility index (Phi) is 8.70. The summed E-state index contributed by atoms with van der Waals surface area (Å²) < 4.78 is 0.997. The largest absolute Gasteiger partial charge is 0.352 e. The molecule has 0 aliphatic heterocycles. The molecule has 1 N–H and O–H groups in total. The van der Waals surface area contributed by atoms with Crippen molar-refractivity contribution in [3.8, 4) is 0 Å². The van der Waals surface area contributed by atoms with Crippen molar-refractivity contribution in [1.82, 2.24) is 10.2 Å². The number of aryl methyl sites for hydroxylation is 2. The second-order valence-corrected chi connectivity index (χ2v) is 9.57. The molecule has 0 radical (unpaired) electrons. The SMILES string of the molecule is Cc1ccc(CCC(=O)N(Cc2ccc(Br)cc2)[C@H](C)C(=O)NC2CCCCC2)cc1. The normalized spacial score (nSPS) is 15.3. The Morgan fingerprint density at radius 2 is 1.61 bits per heavy atom. The molecule has 0 unspecified atom stereocenters. The van der Waals surface area contributed by atoms with Crippen LogP contribution in [0.4, 0.5) is 0 Å². The number of benzene rings is 2. The smallest absolute Gasteiger partial charge is 0.242 e. The van der Waals surface area contributed by atoms with Crippen molar-refractivity contribution in [2.45, 2.75) is 77.4 Å². The maximum absolute atomic E-state index is 13.2. The van der Waals surface area contributed by atoms with Gasteiger partial charge in [-0.25, -0.2) is 0 Å². The molecule has 0 saturated heterocycles. The zero-order valence-electron chi connectivity index (χ0n) is 18.6. The molecule has 0 aromatic heterocycles. The van der Waals surface area contributed by atoms with Crippen LogP contribution < -0.4 is 5.32 Å². The van der Waals surface area contributed by atoms with Gasteiger partial charge in [0.05, 0.1) is 0 Å². The molecule has 2 aromatic rings. The lowest BCUT2D eigenvalue weighted by atomic mass is 9.95. The average molecular weight is 485 g/mol. The van der Waals surface area contributed by atoms with Gasteiger partial charge in [-0.3, -0.25) is 9.59 Å². The first-order chi connectivity index (χ1) is 14.9. The highest BCUT2D eigenvalue weighted by molar-refractivity contribution is 9.10. The predicted octanol–water partition coefficient (Wildman–Crippen LogP) is 5.56. The number of carbonyl (C=O) groups is 2. The summed E-state index contributed by atoms with van der Waals surface area (Å²) in [7, 11) is 0. The first-order valence-corrected chi connectivity index (χ1v) is 12.1. The predicted molar refractivity (Wildman–Crippen MR) is 129 cm³/mol. The van der Waals surface area contributed by atoms with E-state index in [-0.39, 0.29) is 17.9 Å². The summed E-state index contributed by atoms with van der Waals surface area (Å²) in [5.41, 5.74) is 3.37. The fourth-order valence-electron chi connectivity index (χ4n) is 4.09. The van der Waals surface area contributed by atoms with Gasteiger partial charge >= 0.3 is 0 Å². The van der Waals surface area contributed by atoms with Crippen LogP contribution in [0, 0.1) is 6.92 Å². The van der Waals surface area contributed by atoms with Gasteiger partial charge in [0.1, 0.15) is 6.04 Å². The minimum Gasteiger partial charge on any atom is -0.352 e. The highest BCUT2D eigenvalue weighted by Crippen LogP contribution is 2.19. The van der Waals surface area contributed by atoms with E-state index in [1.54, 1.807) is 4.90 Å². The van der Waals surface area contributed by atoms with Crippen LogP contribution in [-0.4, -0.2) is 28.8 Å². The molecule has 1 aliphatic rings. The first-order valence-electron chi connectivity index (χ1n) is 11.3. The minimum atomic E-state index is -0.504. The van der Waals surface area contributed by atoms with Crippen LogP contribution in [-0.2, 0) is 22.6 Å². The number of carbonyl (C=O) groups excluding carboxylic acids is 2. The number of hydrogen-bond donors (Lipinski definition) is 1. The summed E-state index contributed by atoms with van der Waals surface area (Å²) in [6, 6.07) is 15.9. The zero-order valence-corrected chi connectivity index (χ0v) is 20.2. The molecule has 2 amide bonds. The third-order valence-electron chi connectivity index (χ3n) is 6.13. The molecular weight excluding hydrogens is 452 g/mol. The van der Waals surface area contributed by atoms with E-state index in [9.17, 15) is 9.59 Å². The quantitative estimate of drug-likeness (QED) is 0.533. The van der Waals surface area contributed by atoms with Gasteiger partial charge in [0, 0.05) is 23.5 Å². The summed E-state index contributed by atoms with van der Waals surface area (Å²) in [5, 5.41) is 3.19. The second-order valence-electron chi connectivity index (χ2n) is 8.65. The van der Waals surface area contributed by atoms with Crippen LogP contribution in [0.15, 0.2) is 53.0 Å². The Labute approximate surface area is 194 Å². The van der Waals surface area contributed by atoms with Crippen molar-refractivity contribution >= 4 is 27.7 Å². The van der Waals surface area contributed by atoms with Gasteiger partial charge in [0.25, 0.3) is 0 Å². The van der Waals surface area contributed by atoms with Crippen molar-refractivity contribution in [3.63, 3.8) is 0 Å². The fraction of sp³-hybridized carbons (Fsp3) is 0.462. The first kappa shape index (κ1) is 23.5. The molecule has 0 heterocycles. The molecule has 3 rings (SSSR count). The van der Waals surface area contributed by atoms with Gasteiger partial charge in [-0.1, -0.05) is 77.2 Å². The number of nitrogens with one attached hydrogen (secondary N) is 1. The molecule has 0 bridgehead atoms. The topological polar surface area (TPSA) is 49.4 Å². The maximum Gasteiger partial charge on any atom is 0.242 e. The van der Waals surface area contributed by atoms with E-state index in [0.717, 1.165) is 41.3 Å². The fourth-order valence-corrected chi connectivity index (χ4v) is 4.35. The van der Waals surface area contributed by atoms with Gasteiger partial charge in [-0.2, -0.15) is 0 Å². The summed E-state index contributed by atoms with van der Waals surface area (Å²) in [6.07, 6.45) is 6.70. The second kappa shape index (κ2) is 11.5. The maximum atomic E-state index is 13.2. The molecular formula is C26H33BrN2O2. The van der Waals surface area contributed by atoms with Gasteiger partial charge in [0.15, 0.2) is 0 Å². The molecule has 5 heteroatoms. The minimum absolute atomic E-state index is 0.00906. The standard InChI is InChI=1S/C26H33BrN2O2/c1-19-8-10-21(11-9-19)14-17-25(30)29(18-22-12-15-23(27)16-13-22)20(2)26(31)28-24-6-4-3-5-7-24/h8-13,15-16,20,24H,3-7,14,17-18H2,1-2H3,(H,28,31)/t20-/m1/s1. The Morgan fingerprint density at radius 3 is 2.26 bits per heavy atom. The Hall–Kier alpha value is -2.14. The van der Waals surface area contributed by atoms with Crippen molar-refractivity contribution in [2.75, 3.05) is 0 Å². The Balaban J connectivity index is 1.69. The van der Waals surface area contributed by atoms with E-state index < -0.39 is 6.04 Å². The highest BCUT2D eigenvalue weighted by atomic mass is 79.9. The van der Waals surface area contributed by atoms with E-state index >= 15 is 0 Å². The number of hydrogen-bond acceptors (Lipinski definition) is 2. The third kappa shape index (κ3) is 7.20. The van der Waals surface area contributed by atoms with Crippen molar-refractivity contribution < 1.29 is 9.59 Å². The third-order valence-corrected chi connectivity index (χ3v) is 6.66. The van der Waals surface area contributed by atoms with Crippen LogP contribution in [0.1, 0.15) is 62.1 Å². The summed E-state index contributed by atoms with van der Waals surface area (Å²) in [6.45, 7) is 4.33. The molecule has 4 nitrogen and oxygen atoms in total. The number of amides is 2. The highest BCUT2D eigenvalue weighted by Gasteiger charge is 2.27. The van der Waals surface area contributed by atoms with Crippen LogP contribution in [0.2, 0.25) is 0 Å². The molecule has 0 spiro atoms. The molecule has 1 aliphatic carbocycles. The number of nitrogens with zero attached hydrogens (tertiary/aromatic N) is 1. The van der Waals surface area contributed by atoms with Crippen molar-refractivity contribution in [2.24, 2.45) is 0 Å². The van der Waals surface area contributed by atoms with Crippen LogP contribution in [0.3, 0.4) is 0 Å². The molecule has 1 fully saturated rings. The lowest BCUT2D eigenvalue weighted by Crippen LogP contribution is -2.50. The van der Waals surface area contributed by atoms with Crippen LogP contribution in [0.25, 0.3) is 0 Å². The van der Waals surface area contributed by atoms with Crippen molar-refractivity contribution in [3.05, 3.63) is 69.7 Å². The van der Waals surface area contributed by atoms with Gasteiger partial charge in [-0.15, -0.1) is 0 Å². The lowest BCUT2D eigenvalue weighted by Gasteiger charge is -2.31. The monoisotopic (exact) mass is 484 g/mol. The van der Waals surface area contributed by atoms with E-state index in [1.807, 2.05) is 31.2 Å². The Bertz CT molecular complexity index is 858.